The van der Waals surface area contributed by atoms with Crippen LogP contribution in [0.3, 0.4) is 0 Å². The first kappa shape index (κ1) is 15.1. The molecule has 1 amide bonds. The maximum Gasteiger partial charge on any atom is 0.255 e. The Labute approximate surface area is 132 Å². The van der Waals surface area contributed by atoms with Crippen LogP contribution in [0.5, 0.6) is 0 Å². The van der Waals surface area contributed by atoms with Crippen LogP contribution < -0.4 is 5.32 Å². The number of hydrogen-bond acceptors (Lipinski definition) is 1. The number of alkyl halides is 1. The lowest BCUT2D eigenvalue weighted by Gasteiger charge is -2.11. The van der Waals surface area contributed by atoms with Crippen molar-refractivity contribution in [1.29, 1.82) is 0 Å². The lowest BCUT2D eigenvalue weighted by atomic mass is 10.1. The van der Waals surface area contributed by atoms with Gasteiger partial charge in [-0.25, -0.2) is 0 Å². The molecule has 0 aliphatic carbocycles. The lowest BCUT2D eigenvalue weighted by Crippen LogP contribution is -2.13. The first-order chi connectivity index (χ1) is 9.63. The number of nitrogens with one attached hydrogen (secondary N) is 1. The van der Waals surface area contributed by atoms with Crippen molar-refractivity contribution in [3.8, 4) is 0 Å². The molecule has 0 aliphatic heterocycles. The quantitative estimate of drug-likeness (QED) is 0.771. The fourth-order valence-electron chi connectivity index (χ4n) is 1.97. The van der Waals surface area contributed by atoms with Crippen LogP contribution in [0.15, 0.2) is 46.9 Å². The Morgan fingerprint density at radius 1 is 1.25 bits per heavy atom. The highest BCUT2D eigenvalue weighted by atomic mass is 79.9. The molecule has 0 aliphatic rings. The summed E-state index contributed by atoms with van der Waals surface area (Å²) in [5.41, 5.74) is 3.50. The third kappa shape index (κ3) is 3.62. The van der Waals surface area contributed by atoms with E-state index in [0.717, 1.165) is 27.7 Å². The minimum Gasteiger partial charge on any atom is -0.322 e. The van der Waals surface area contributed by atoms with E-state index >= 15 is 0 Å². The van der Waals surface area contributed by atoms with Gasteiger partial charge in [0.1, 0.15) is 0 Å². The van der Waals surface area contributed by atoms with Crippen LogP contribution >= 0.6 is 27.5 Å². The number of carbonyl (C=O) groups is 1. The fraction of sp³-hybridized carbons (Fsp3) is 0.188. The summed E-state index contributed by atoms with van der Waals surface area (Å²) < 4.78 is 1.01. The highest BCUT2D eigenvalue weighted by Crippen LogP contribution is 2.22. The van der Waals surface area contributed by atoms with Crippen molar-refractivity contribution in [1.82, 2.24) is 0 Å². The summed E-state index contributed by atoms with van der Waals surface area (Å²) in [4.78, 5) is 12.3. The summed E-state index contributed by atoms with van der Waals surface area (Å²) in [6.07, 6.45) is 0.858. The zero-order chi connectivity index (χ0) is 14.5. The minimum absolute atomic E-state index is 0.117. The van der Waals surface area contributed by atoms with Gasteiger partial charge in [0.2, 0.25) is 0 Å². The minimum atomic E-state index is -0.117. The van der Waals surface area contributed by atoms with Gasteiger partial charge in [-0.05, 0) is 47.9 Å². The maximum absolute atomic E-state index is 12.3. The first-order valence-corrected chi connectivity index (χ1v) is 7.71. The zero-order valence-electron chi connectivity index (χ0n) is 11.1. The van der Waals surface area contributed by atoms with Crippen molar-refractivity contribution in [2.75, 3.05) is 5.32 Å². The number of halogens is 2. The van der Waals surface area contributed by atoms with E-state index in [-0.39, 0.29) is 5.91 Å². The average molecular weight is 353 g/mol. The Kier molecular flexibility index (Phi) is 5.21. The van der Waals surface area contributed by atoms with E-state index in [1.54, 1.807) is 6.07 Å². The molecule has 0 bridgehead atoms. The molecule has 0 fully saturated rings. The maximum atomic E-state index is 12.3. The molecule has 2 nitrogen and oxygen atoms in total. The standard InChI is InChI=1S/C16H15BrClNO/c1-2-12-9-14(17)6-7-15(12)19-16(20)13-5-3-4-11(8-13)10-18/h3-9H,2,10H2,1H3,(H,19,20). The van der Waals surface area contributed by atoms with Gasteiger partial charge in [-0.3, -0.25) is 4.79 Å². The number of hydrogen-bond donors (Lipinski definition) is 1. The average Bonchev–Trinajstić information content (AvgIpc) is 2.49. The number of benzene rings is 2. The molecule has 2 aromatic rings. The van der Waals surface area contributed by atoms with Crippen molar-refractivity contribution >= 4 is 39.1 Å². The second kappa shape index (κ2) is 6.91. The molecule has 0 spiro atoms. The molecule has 0 aromatic heterocycles. The highest BCUT2D eigenvalue weighted by molar-refractivity contribution is 9.10. The van der Waals surface area contributed by atoms with Crippen LogP contribution in [0, 0.1) is 0 Å². The summed E-state index contributed by atoms with van der Waals surface area (Å²) in [5, 5.41) is 2.95. The van der Waals surface area contributed by atoms with Crippen LogP contribution in [0.1, 0.15) is 28.4 Å². The third-order valence-electron chi connectivity index (χ3n) is 3.04. The molecule has 0 atom stereocenters. The molecule has 0 saturated carbocycles. The van der Waals surface area contributed by atoms with Crippen LogP contribution in [0.25, 0.3) is 0 Å². The zero-order valence-corrected chi connectivity index (χ0v) is 13.5. The molecule has 1 N–H and O–H groups in total. The lowest BCUT2D eigenvalue weighted by molar-refractivity contribution is 0.102. The van der Waals surface area contributed by atoms with Crippen molar-refractivity contribution in [3.63, 3.8) is 0 Å². The predicted molar refractivity (Wildman–Crippen MR) is 87.5 cm³/mol. The van der Waals surface area contributed by atoms with Gasteiger partial charge in [0, 0.05) is 21.6 Å². The van der Waals surface area contributed by atoms with Gasteiger partial charge in [-0.15, -0.1) is 11.6 Å². The van der Waals surface area contributed by atoms with Crippen molar-refractivity contribution in [2.24, 2.45) is 0 Å². The van der Waals surface area contributed by atoms with Gasteiger partial charge >= 0.3 is 0 Å². The van der Waals surface area contributed by atoms with Crippen LogP contribution in [-0.4, -0.2) is 5.91 Å². The summed E-state index contributed by atoms with van der Waals surface area (Å²) in [7, 11) is 0. The third-order valence-corrected chi connectivity index (χ3v) is 3.84. The summed E-state index contributed by atoms with van der Waals surface area (Å²) in [6, 6.07) is 13.2. The molecule has 0 saturated heterocycles. The Balaban J connectivity index is 2.23. The molecule has 20 heavy (non-hydrogen) atoms. The number of anilines is 1. The molecule has 104 valence electrons. The fourth-order valence-corrected chi connectivity index (χ4v) is 2.54. The van der Waals surface area contributed by atoms with Crippen LogP contribution in [-0.2, 0) is 12.3 Å². The van der Waals surface area contributed by atoms with Crippen LogP contribution in [0.2, 0.25) is 0 Å². The van der Waals surface area contributed by atoms with Gasteiger partial charge in [-0.1, -0.05) is 35.0 Å². The highest BCUT2D eigenvalue weighted by Gasteiger charge is 2.09. The molecular formula is C16H15BrClNO. The van der Waals surface area contributed by atoms with E-state index in [0.29, 0.717) is 11.4 Å². The number of amides is 1. The Hall–Kier alpha value is -1.32. The SMILES string of the molecule is CCc1cc(Br)ccc1NC(=O)c1cccc(CCl)c1. The predicted octanol–water partition coefficient (Wildman–Crippen LogP) is 5.00. The number of carbonyl (C=O) groups excluding carboxylic acids is 1. The van der Waals surface area contributed by atoms with E-state index in [1.807, 2.05) is 36.4 Å². The van der Waals surface area contributed by atoms with E-state index in [2.05, 4.69) is 28.2 Å². The number of aryl methyl sites for hydroxylation is 1. The second-order valence-electron chi connectivity index (χ2n) is 4.44. The largest absolute Gasteiger partial charge is 0.322 e. The van der Waals surface area contributed by atoms with Crippen LogP contribution in [0.4, 0.5) is 5.69 Å². The Bertz CT molecular complexity index is 628. The van der Waals surface area contributed by atoms with Gasteiger partial charge < -0.3 is 5.32 Å². The second-order valence-corrected chi connectivity index (χ2v) is 5.63. The van der Waals surface area contributed by atoms with Gasteiger partial charge in [0.05, 0.1) is 0 Å². The van der Waals surface area contributed by atoms with Crippen molar-refractivity contribution < 1.29 is 4.79 Å². The van der Waals surface area contributed by atoms with E-state index in [4.69, 9.17) is 11.6 Å². The van der Waals surface area contributed by atoms with E-state index in [9.17, 15) is 4.79 Å². The van der Waals surface area contributed by atoms with Crippen molar-refractivity contribution in [2.45, 2.75) is 19.2 Å². The monoisotopic (exact) mass is 351 g/mol. The Morgan fingerprint density at radius 2 is 2.05 bits per heavy atom. The normalized spacial score (nSPS) is 10.3. The molecular weight excluding hydrogens is 338 g/mol. The molecule has 4 heteroatoms. The molecule has 0 unspecified atom stereocenters. The molecule has 0 radical (unpaired) electrons. The van der Waals surface area contributed by atoms with E-state index < -0.39 is 0 Å². The summed E-state index contributed by atoms with van der Waals surface area (Å²) in [6.45, 7) is 2.06. The van der Waals surface area contributed by atoms with Gasteiger partial charge in [0.25, 0.3) is 5.91 Å². The van der Waals surface area contributed by atoms with Gasteiger partial charge in [-0.2, -0.15) is 0 Å². The van der Waals surface area contributed by atoms with Crippen molar-refractivity contribution in [3.05, 3.63) is 63.6 Å². The van der Waals surface area contributed by atoms with E-state index in [1.165, 1.54) is 0 Å². The molecule has 2 rings (SSSR count). The summed E-state index contributed by atoms with van der Waals surface area (Å²) >= 11 is 9.23. The smallest absolute Gasteiger partial charge is 0.255 e. The molecule has 2 aromatic carbocycles. The van der Waals surface area contributed by atoms with Gasteiger partial charge in [0.15, 0.2) is 0 Å². The molecule has 0 heterocycles. The Morgan fingerprint density at radius 3 is 2.75 bits per heavy atom. The first-order valence-electron chi connectivity index (χ1n) is 6.38. The topological polar surface area (TPSA) is 29.1 Å². The number of rotatable bonds is 4. The summed E-state index contributed by atoms with van der Waals surface area (Å²) in [5.74, 6) is 0.286.